The molecule has 120 valence electrons. The molecule has 4 N–H and O–H groups in total. The average molecular weight is 311 g/mol. The monoisotopic (exact) mass is 311 g/mol. The summed E-state index contributed by atoms with van der Waals surface area (Å²) in [6.07, 6.45) is 1.11. The highest BCUT2D eigenvalue weighted by Crippen LogP contribution is 2.03. The lowest BCUT2D eigenvalue weighted by Gasteiger charge is -2.16. The zero-order valence-corrected chi connectivity index (χ0v) is 12.9. The van der Waals surface area contributed by atoms with Crippen molar-refractivity contribution in [2.24, 2.45) is 5.73 Å². The number of nitrogens with one attached hydrogen (secondary N) is 2. The topological polar surface area (TPSA) is 84.2 Å². The summed E-state index contributed by atoms with van der Waals surface area (Å²) in [5.74, 6) is -0.549. The molecule has 0 unspecified atom stereocenters. The quantitative estimate of drug-likeness (QED) is 0.726. The highest BCUT2D eigenvalue weighted by atomic mass is 16.2. The first-order valence-electron chi connectivity index (χ1n) is 7.56. The minimum absolute atomic E-state index is 0.377. The molecule has 2 aromatic rings. The number of carbonyl (C=O) groups is 2. The van der Waals surface area contributed by atoms with E-state index in [-0.39, 0.29) is 6.03 Å². The van der Waals surface area contributed by atoms with E-state index in [4.69, 9.17) is 5.73 Å². The third kappa shape index (κ3) is 5.82. The van der Waals surface area contributed by atoms with Gasteiger partial charge in [0, 0.05) is 13.0 Å². The molecule has 1 atom stereocenters. The molecular weight excluding hydrogens is 290 g/mol. The van der Waals surface area contributed by atoms with Gasteiger partial charge in [-0.1, -0.05) is 60.7 Å². The first-order chi connectivity index (χ1) is 11.1. The zero-order valence-electron chi connectivity index (χ0n) is 12.9. The summed E-state index contributed by atoms with van der Waals surface area (Å²) in [5.41, 5.74) is 7.46. The average Bonchev–Trinajstić information content (AvgIpc) is 2.56. The molecule has 2 rings (SSSR count). The summed E-state index contributed by atoms with van der Waals surface area (Å²) in [6, 6.07) is 18.2. The maximum atomic E-state index is 11.9. The van der Waals surface area contributed by atoms with Crippen LogP contribution in [0.15, 0.2) is 60.7 Å². The van der Waals surface area contributed by atoms with E-state index in [0.29, 0.717) is 13.0 Å². The maximum Gasteiger partial charge on any atom is 0.315 e. The highest BCUT2D eigenvalue weighted by Gasteiger charge is 2.18. The van der Waals surface area contributed by atoms with E-state index in [0.717, 1.165) is 17.5 Å². The summed E-state index contributed by atoms with van der Waals surface area (Å²) in [7, 11) is 0. The molecule has 0 spiro atoms. The first kappa shape index (κ1) is 16.5. The van der Waals surface area contributed by atoms with Crippen LogP contribution in [0.4, 0.5) is 4.79 Å². The third-order valence-electron chi connectivity index (χ3n) is 3.47. The van der Waals surface area contributed by atoms with Crippen molar-refractivity contribution in [3.8, 4) is 0 Å². The van der Waals surface area contributed by atoms with E-state index in [1.165, 1.54) is 0 Å². The number of hydrogen-bond donors (Lipinski definition) is 3. The molecule has 5 nitrogen and oxygen atoms in total. The Labute approximate surface area is 135 Å². The second-order valence-corrected chi connectivity index (χ2v) is 5.28. The van der Waals surface area contributed by atoms with Crippen LogP contribution in [-0.2, 0) is 17.6 Å². The lowest BCUT2D eigenvalue weighted by molar-refractivity contribution is -0.119. The van der Waals surface area contributed by atoms with Crippen molar-refractivity contribution >= 4 is 11.9 Å². The van der Waals surface area contributed by atoms with Gasteiger partial charge in [0.2, 0.25) is 5.91 Å². The van der Waals surface area contributed by atoms with Crippen LogP contribution in [0, 0.1) is 0 Å². The molecule has 0 aromatic heterocycles. The number of nitrogens with two attached hydrogens (primary N) is 1. The lowest BCUT2D eigenvalue weighted by atomic mass is 10.1. The predicted molar refractivity (Wildman–Crippen MR) is 89.8 cm³/mol. The molecule has 5 heteroatoms. The van der Waals surface area contributed by atoms with Crippen molar-refractivity contribution in [3.05, 3.63) is 71.8 Å². The van der Waals surface area contributed by atoms with Crippen LogP contribution in [-0.4, -0.2) is 24.5 Å². The molecule has 0 bridgehead atoms. The van der Waals surface area contributed by atoms with Gasteiger partial charge in [0.05, 0.1) is 0 Å². The summed E-state index contributed by atoms with van der Waals surface area (Å²) in [6.45, 7) is 0.493. The number of urea groups is 1. The van der Waals surface area contributed by atoms with Gasteiger partial charge in [-0.3, -0.25) is 4.79 Å². The van der Waals surface area contributed by atoms with Crippen molar-refractivity contribution < 1.29 is 9.59 Å². The zero-order chi connectivity index (χ0) is 16.5. The summed E-state index contributed by atoms with van der Waals surface area (Å²) < 4.78 is 0. The molecule has 0 radical (unpaired) electrons. The Bertz CT molecular complexity index is 629. The van der Waals surface area contributed by atoms with Crippen LogP contribution in [0.25, 0.3) is 0 Å². The number of carbonyl (C=O) groups excluding carboxylic acids is 2. The van der Waals surface area contributed by atoms with Gasteiger partial charge in [0.15, 0.2) is 0 Å². The van der Waals surface area contributed by atoms with Crippen LogP contribution < -0.4 is 16.4 Å². The van der Waals surface area contributed by atoms with Crippen molar-refractivity contribution in [1.82, 2.24) is 10.6 Å². The minimum atomic E-state index is -0.728. The Morgan fingerprint density at radius 1 is 0.913 bits per heavy atom. The molecule has 0 aliphatic rings. The van der Waals surface area contributed by atoms with E-state index in [9.17, 15) is 9.59 Å². The Morgan fingerprint density at radius 3 is 2.04 bits per heavy atom. The molecule has 0 fully saturated rings. The van der Waals surface area contributed by atoms with Gasteiger partial charge >= 0.3 is 6.03 Å². The van der Waals surface area contributed by atoms with Crippen LogP contribution in [0.1, 0.15) is 11.1 Å². The number of amides is 3. The van der Waals surface area contributed by atoms with Gasteiger partial charge < -0.3 is 16.4 Å². The fourth-order valence-electron chi connectivity index (χ4n) is 2.25. The van der Waals surface area contributed by atoms with Crippen molar-refractivity contribution in [2.45, 2.75) is 18.9 Å². The summed E-state index contributed by atoms with van der Waals surface area (Å²) in [4.78, 5) is 23.4. The molecule has 0 aliphatic carbocycles. The molecule has 2 aromatic carbocycles. The fourth-order valence-corrected chi connectivity index (χ4v) is 2.25. The van der Waals surface area contributed by atoms with Crippen LogP contribution in [0.2, 0.25) is 0 Å². The van der Waals surface area contributed by atoms with Crippen molar-refractivity contribution in [2.75, 3.05) is 6.54 Å². The van der Waals surface area contributed by atoms with Crippen LogP contribution in [0.3, 0.4) is 0 Å². The van der Waals surface area contributed by atoms with Crippen molar-refractivity contribution in [1.29, 1.82) is 0 Å². The Kier molecular flexibility index (Phi) is 6.17. The van der Waals surface area contributed by atoms with Gasteiger partial charge in [-0.15, -0.1) is 0 Å². The normalized spacial score (nSPS) is 11.5. The highest BCUT2D eigenvalue weighted by molar-refractivity contribution is 5.86. The smallest absolute Gasteiger partial charge is 0.315 e. The van der Waals surface area contributed by atoms with Gasteiger partial charge in [-0.2, -0.15) is 0 Å². The predicted octanol–water partition coefficient (Wildman–Crippen LogP) is 1.62. The Balaban J connectivity index is 1.80. The Morgan fingerprint density at radius 2 is 1.48 bits per heavy atom. The standard InChI is InChI=1S/C18H21N3O2/c19-17(22)16(13-15-9-5-2-6-10-15)21-18(23)20-12-11-14-7-3-1-4-8-14/h1-10,16H,11-13H2,(H2,19,22)(H2,20,21,23)/t16-/m0/s1. The molecular formula is C18H21N3O2. The number of primary amides is 1. The number of rotatable bonds is 7. The van der Waals surface area contributed by atoms with E-state index < -0.39 is 11.9 Å². The molecule has 0 saturated carbocycles. The molecule has 3 amide bonds. The number of benzene rings is 2. The van der Waals surface area contributed by atoms with E-state index >= 15 is 0 Å². The van der Waals surface area contributed by atoms with Gasteiger partial charge in [-0.05, 0) is 17.5 Å². The fraction of sp³-hybridized carbons (Fsp3) is 0.222. The second-order valence-electron chi connectivity index (χ2n) is 5.28. The SMILES string of the molecule is NC(=O)[C@H](Cc1ccccc1)NC(=O)NCCc1ccccc1. The minimum Gasteiger partial charge on any atom is -0.368 e. The Hall–Kier alpha value is -2.82. The van der Waals surface area contributed by atoms with Crippen LogP contribution >= 0.6 is 0 Å². The van der Waals surface area contributed by atoms with E-state index in [1.54, 1.807) is 0 Å². The maximum absolute atomic E-state index is 11.9. The van der Waals surface area contributed by atoms with Gasteiger partial charge in [-0.25, -0.2) is 4.79 Å². The van der Waals surface area contributed by atoms with E-state index in [2.05, 4.69) is 10.6 Å². The first-order valence-corrected chi connectivity index (χ1v) is 7.56. The van der Waals surface area contributed by atoms with Crippen LogP contribution in [0.5, 0.6) is 0 Å². The number of hydrogen-bond acceptors (Lipinski definition) is 2. The van der Waals surface area contributed by atoms with Crippen molar-refractivity contribution in [3.63, 3.8) is 0 Å². The van der Waals surface area contributed by atoms with Gasteiger partial charge in [0.25, 0.3) is 0 Å². The summed E-state index contributed by atoms with van der Waals surface area (Å²) >= 11 is 0. The molecule has 0 heterocycles. The van der Waals surface area contributed by atoms with Gasteiger partial charge in [0.1, 0.15) is 6.04 Å². The summed E-state index contributed by atoms with van der Waals surface area (Å²) in [5, 5.41) is 5.37. The molecule has 23 heavy (non-hydrogen) atoms. The molecule has 0 saturated heterocycles. The third-order valence-corrected chi connectivity index (χ3v) is 3.47. The second kappa shape index (κ2) is 8.58. The molecule has 0 aliphatic heterocycles. The largest absolute Gasteiger partial charge is 0.368 e. The lowest BCUT2D eigenvalue weighted by Crippen LogP contribution is -2.49. The van der Waals surface area contributed by atoms with E-state index in [1.807, 2.05) is 60.7 Å².